The number of rotatable bonds is 13. The van der Waals surface area contributed by atoms with Crippen LogP contribution in [0.1, 0.15) is 65.2 Å². The molecule has 0 radical (unpaired) electrons. The van der Waals surface area contributed by atoms with Gasteiger partial charge < -0.3 is 0 Å². The highest BCUT2D eigenvalue weighted by Crippen LogP contribution is 2.52. The zero-order valence-corrected chi connectivity index (χ0v) is 27.2. The topological polar surface area (TPSA) is 0 Å². The van der Waals surface area contributed by atoms with Crippen molar-refractivity contribution in [2.24, 2.45) is 0 Å². The van der Waals surface area contributed by atoms with E-state index in [0.717, 1.165) is 0 Å². The lowest BCUT2D eigenvalue weighted by molar-refractivity contribution is 0.706. The zero-order valence-electron chi connectivity index (χ0n) is 20.6. The van der Waals surface area contributed by atoms with Gasteiger partial charge in [0.05, 0.1) is 27.2 Å². The van der Waals surface area contributed by atoms with Gasteiger partial charge in [0.2, 0.25) is 0 Å². The van der Waals surface area contributed by atoms with Crippen LogP contribution >= 0.6 is 91.5 Å². The fourth-order valence-corrected chi connectivity index (χ4v) is 15.1. The highest BCUT2D eigenvalue weighted by molar-refractivity contribution is 8.01. The normalized spacial score (nSPS) is 12.4. The molecule has 0 nitrogen and oxygen atoms in total. The van der Waals surface area contributed by atoms with Gasteiger partial charge in [-0.25, -0.2) is 0 Å². The van der Waals surface area contributed by atoms with Gasteiger partial charge in [-0.15, -0.1) is 91.5 Å². The average molecular weight is 623 g/mol. The molecule has 0 aliphatic carbocycles. The molecule has 0 saturated heterocycles. The summed E-state index contributed by atoms with van der Waals surface area (Å²) in [5.74, 6) is 2.52. The van der Waals surface area contributed by atoms with Crippen LogP contribution in [0.15, 0.2) is 32.7 Å². The Morgan fingerprint density at radius 2 is 0.889 bits per heavy atom. The predicted molar refractivity (Wildman–Crippen MR) is 179 cm³/mol. The lowest BCUT2D eigenvalue weighted by atomic mass is 10.2. The third-order valence-electron chi connectivity index (χ3n) is 6.33. The molecule has 36 heavy (non-hydrogen) atoms. The summed E-state index contributed by atoms with van der Waals surface area (Å²) in [7, 11) is 0. The maximum Gasteiger partial charge on any atom is 0.0641 e. The Bertz CT molecular complexity index is 1460. The minimum Gasteiger partial charge on any atom is -0.133 e. The van der Waals surface area contributed by atoms with Crippen molar-refractivity contribution in [3.63, 3.8) is 0 Å². The summed E-state index contributed by atoms with van der Waals surface area (Å²) in [5.41, 5.74) is 0. The average Bonchev–Trinajstić information content (AvgIpc) is 3.67. The van der Waals surface area contributed by atoms with Crippen LogP contribution in [-0.2, 0) is 0 Å². The van der Waals surface area contributed by atoms with E-state index < -0.39 is 0 Å². The molecule has 0 spiro atoms. The van der Waals surface area contributed by atoms with Crippen LogP contribution in [0.2, 0.25) is 0 Å². The lowest BCUT2D eigenvalue weighted by Crippen LogP contribution is -1.78. The molecule has 190 valence electrons. The highest BCUT2D eigenvalue weighted by atomic mass is 32.2. The molecule has 6 aromatic rings. The molecular formula is C28H30S8. The minimum absolute atomic E-state index is 1.26. The number of thiophene rings is 6. The number of unbranched alkanes of at least 4 members (excludes halogenated alkanes) is 6. The molecule has 6 rings (SSSR count). The summed E-state index contributed by atoms with van der Waals surface area (Å²) in [6, 6.07) is 9.78. The lowest BCUT2D eigenvalue weighted by Gasteiger charge is -1.97. The van der Waals surface area contributed by atoms with Crippen molar-refractivity contribution in [3.05, 3.63) is 24.3 Å². The van der Waals surface area contributed by atoms with Gasteiger partial charge in [0, 0.05) is 28.6 Å². The van der Waals surface area contributed by atoms with Crippen LogP contribution in [0, 0.1) is 0 Å². The van der Waals surface area contributed by atoms with Crippen molar-refractivity contribution in [1.29, 1.82) is 0 Å². The number of hydrogen-bond acceptors (Lipinski definition) is 8. The van der Waals surface area contributed by atoms with Crippen LogP contribution in [0.4, 0.5) is 0 Å². The van der Waals surface area contributed by atoms with Crippen molar-refractivity contribution in [2.45, 2.75) is 73.6 Å². The van der Waals surface area contributed by atoms with E-state index in [9.17, 15) is 0 Å². The minimum atomic E-state index is 1.26. The standard InChI is InChI=1S/C28H30S8/c1-3-5-7-9-11-29-23-15-21-27(35-23)25-19(31-21)13-17(33-25)18-14-20-26(34-18)28-22(32-20)16-24(36-28)30-12-10-8-6-4-2/h13-16H,3-12H2,1-2H3. The Hall–Kier alpha value is -0.0600. The first-order chi connectivity index (χ1) is 17.7. The Morgan fingerprint density at radius 3 is 1.33 bits per heavy atom. The molecule has 0 aliphatic rings. The largest absolute Gasteiger partial charge is 0.133 e. The van der Waals surface area contributed by atoms with Crippen LogP contribution in [-0.4, -0.2) is 11.5 Å². The fraction of sp³-hybridized carbons (Fsp3) is 0.429. The van der Waals surface area contributed by atoms with E-state index in [2.05, 4.69) is 61.6 Å². The smallest absolute Gasteiger partial charge is 0.0641 e. The summed E-state index contributed by atoms with van der Waals surface area (Å²) >= 11 is 16.1. The zero-order chi connectivity index (χ0) is 24.5. The monoisotopic (exact) mass is 622 g/mol. The van der Waals surface area contributed by atoms with Crippen LogP contribution < -0.4 is 0 Å². The molecule has 0 fully saturated rings. The summed E-state index contributed by atoms with van der Waals surface area (Å²) < 4.78 is 14.9. The van der Waals surface area contributed by atoms with Crippen molar-refractivity contribution in [2.75, 3.05) is 11.5 Å². The maximum absolute atomic E-state index is 2.45. The van der Waals surface area contributed by atoms with E-state index in [4.69, 9.17) is 0 Å². The second-order valence-corrected chi connectivity index (χ2v) is 18.3. The molecule has 0 aromatic carbocycles. The maximum atomic E-state index is 2.45. The van der Waals surface area contributed by atoms with Crippen molar-refractivity contribution >= 4 is 129 Å². The molecule has 6 heterocycles. The van der Waals surface area contributed by atoms with E-state index in [-0.39, 0.29) is 0 Å². The first-order valence-corrected chi connectivity index (χ1v) is 19.8. The van der Waals surface area contributed by atoms with Gasteiger partial charge in [-0.3, -0.25) is 0 Å². The number of fused-ring (bicyclic) bond motifs is 6. The molecule has 0 unspecified atom stereocenters. The number of hydrogen-bond donors (Lipinski definition) is 0. The third kappa shape index (κ3) is 5.48. The van der Waals surface area contributed by atoms with E-state index >= 15 is 0 Å². The summed E-state index contributed by atoms with van der Waals surface area (Å²) in [6.07, 6.45) is 10.8. The van der Waals surface area contributed by atoms with Gasteiger partial charge >= 0.3 is 0 Å². The Morgan fingerprint density at radius 1 is 0.472 bits per heavy atom. The van der Waals surface area contributed by atoms with Crippen molar-refractivity contribution < 1.29 is 0 Å². The molecule has 0 aliphatic heterocycles. The van der Waals surface area contributed by atoms with Gasteiger partial charge in [0.1, 0.15) is 0 Å². The predicted octanol–water partition coefficient (Wildman–Crippen LogP) is 13.7. The van der Waals surface area contributed by atoms with Crippen molar-refractivity contribution in [3.8, 4) is 9.75 Å². The molecule has 6 aromatic heterocycles. The Labute approximate surface area is 246 Å². The Balaban J connectivity index is 1.19. The molecule has 0 bridgehead atoms. The van der Waals surface area contributed by atoms with Crippen LogP contribution in [0.3, 0.4) is 0 Å². The van der Waals surface area contributed by atoms with E-state index in [1.165, 1.54) is 119 Å². The summed E-state index contributed by atoms with van der Waals surface area (Å²) in [6.45, 7) is 4.57. The number of thioether (sulfide) groups is 2. The molecular weight excluding hydrogens is 593 g/mol. The molecule has 0 saturated carbocycles. The second-order valence-electron chi connectivity index (χ2n) is 9.15. The summed E-state index contributed by atoms with van der Waals surface area (Å²) in [5, 5.41) is 0. The first-order valence-electron chi connectivity index (χ1n) is 12.9. The van der Waals surface area contributed by atoms with Gasteiger partial charge in [0.25, 0.3) is 0 Å². The van der Waals surface area contributed by atoms with Crippen molar-refractivity contribution in [1.82, 2.24) is 0 Å². The molecule has 0 atom stereocenters. The Kier molecular flexibility index (Phi) is 8.72. The van der Waals surface area contributed by atoms with Crippen LogP contribution in [0.25, 0.3) is 47.4 Å². The third-order valence-corrected chi connectivity index (χ3v) is 16.7. The fourth-order valence-electron chi connectivity index (χ4n) is 4.42. The van der Waals surface area contributed by atoms with Gasteiger partial charge in [-0.2, -0.15) is 0 Å². The molecule has 0 amide bonds. The van der Waals surface area contributed by atoms with Gasteiger partial charge in [-0.05, 0) is 48.6 Å². The molecule has 0 N–H and O–H groups in total. The second kappa shape index (κ2) is 12.0. The van der Waals surface area contributed by atoms with Gasteiger partial charge in [0.15, 0.2) is 0 Å². The summed E-state index contributed by atoms with van der Waals surface area (Å²) in [4.78, 5) is 2.90. The van der Waals surface area contributed by atoms with E-state index in [1.54, 1.807) is 0 Å². The first kappa shape index (κ1) is 26.2. The van der Waals surface area contributed by atoms with E-state index in [1.807, 2.05) is 68.0 Å². The SMILES string of the molecule is CCCCCCSc1cc2sc3cc(-c4cc5sc6cc(SCCCCCC)sc6c5s4)sc3c2s1. The van der Waals surface area contributed by atoms with Crippen LogP contribution in [0.5, 0.6) is 0 Å². The van der Waals surface area contributed by atoms with E-state index in [0.29, 0.717) is 0 Å². The quantitative estimate of drug-likeness (QED) is 0.0928. The highest BCUT2D eigenvalue weighted by Gasteiger charge is 2.18. The van der Waals surface area contributed by atoms with Gasteiger partial charge in [-0.1, -0.05) is 52.4 Å². The molecule has 8 heteroatoms.